The molecule has 1 N–H and O–H groups in total. The number of carbonyl (C=O) groups excluding carboxylic acids is 1. The van der Waals surface area contributed by atoms with E-state index in [4.69, 9.17) is 30.7 Å². The summed E-state index contributed by atoms with van der Waals surface area (Å²) in [6.07, 6.45) is 6.37. The lowest BCUT2D eigenvalue weighted by Gasteiger charge is -2.16. The van der Waals surface area contributed by atoms with Crippen LogP contribution in [0.25, 0.3) is 32.0 Å². The summed E-state index contributed by atoms with van der Waals surface area (Å²) in [6, 6.07) is 15.1. The molecule has 9 nitrogen and oxygen atoms in total. The topological polar surface area (TPSA) is 106 Å². The summed E-state index contributed by atoms with van der Waals surface area (Å²) in [5.41, 5.74) is 6.69. The molecule has 252 valence electrons. The van der Waals surface area contributed by atoms with Gasteiger partial charge in [0.2, 0.25) is 11.8 Å². The number of anilines is 1. The predicted molar refractivity (Wildman–Crippen MR) is 190 cm³/mol. The summed E-state index contributed by atoms with van der Waals surface area (Å²) in [5, 5.41) is 14.0. The van der Waals surface area contributed by atoms with Crippen molar-refractivity contribution in [3.05, 3.63) is 105 Å². The van der Waals surface area contributed by atoms with Crippen molar-refractivity contribution in [2.45, 2.75) is 57.5 Å². The maximum atomic E-state index is 14.5. The zero-order valence-electron chi connectivity index (χ0n) is 27.4. The van der Waals surface area contributed by atoms with E-state index in [1.54, 1.807) is 24.5 Å². The highest BCUT2D eigenvalue weighted by molar-refractivity contribution is 7.23. The Balaban J connectivity index is 1.20. The Bertz CT molecular complexity index is 2340. The fraction of sp³-hybridized carbons (Fsp3) is 0.289. The summed E-state index contributed by atoms with van der Waals surface area (Å²) in [7, 11) is 1.51. The van der Waals surface area contributed by atoms with Gasteiger partial charge < -0.3 is 19.4 Å². The first kappa shape index (κ1) is 31.1. The number of aromatic nitrogens is 4. The van der Waals surface area contributed by atoms with Crippen LogP contribution in [-0.2, 0) is 19.3 Å². The zero-order chi connectivity index (χ0) is 34.1. The molecule has 6 heterocycles. The smallest absolute Gasteiger partial charge is 0.257 e. The average molecular weight is 707 g/mol. The highest BCUT2D eigenvalue weighted by Gasteiger charge is 2.45. The highest BCUT2D eigenvalue weighted by Crippen LogP contribution is 2.51. The molecule has 3 aliphatic rings. The summed E-state index contributed by atoms with van der Waals surface area (Å²) in [6.45, 7) is 2.46. The number of halogens is 2. The summed E-state index contributed by atoms with van der Waals surface area (Å²) in [4.78, 5) is 27.1. The van der Waals surface area contributed by atoms with Gasteiger partial charge in [-0.25, -0.2) is 9.37 Å². The molecular weight excluding hydrogens is 675 g/mol. The molecule has 1 saturated heterocycles. The Morgan fingerprint density at radius 3 is 2.82 bits per heavy atom. The second kappa shape index (κ2) is 12.2. The third-order valence-electron chi connectivity index (χ3n) is 10.1. The fourth-order valence-corrected chi connectivity index (χ4v) is 9.31. The Morgan fingerprint density at radius 1 is 1.10 bits per heavy atom. The number of carbonyl (C=O) groups is 1. The van der Waals surface area contributed by atoms with Crippen molar-refractivity contribution in [2.24, 2.45) is 0 Å². The number of fused-ring (bicyclic) bond motifs is 5. The molecular formula is C38H32ClFN6O3S. The van der Waals surface area contributed by atoms with Crippen molar-refractivity contribution in [3.63, 3.8) is 0 Å². The van der Waals surface area contributed by atoms with E-state index in [9.17, 15) is 9.18 Å². The van der Waals surface area contributed by atoms with Gasteiger partial charge in [-0.3, -0.25) is 9.78 Å². The number of rotatable bonds is 8. The molecule has 1 aliphatic carbocycles. The van der Waals surface area contributed by atoms with E-state index in [0.717, 1.165) is 73.7 Å². The highest BCUT2D eigenvalue weighted by atomic mass is 35.5. The van der Waals surface area contributed by atoms with Crippen LogP contribution < -0.4 is 10.1 Å². The van der Waals surface area contributed by atoms with Gasteiger partial charge in [0.15, 0.2) is 11.6 Å². The van der Waals surface area contributed by atoms with Gasteiger partial charge in [-0.15, -0.1) is 21.5 Å². The van der Waals surface area contributed by atoms with Gasteiger partial charge in [0, 0.05) is 40.7 Å². The second-order valence-electron chi connectivity index (χ2n) is 13.1. The second-order valence-corrected chi connectivity index (χ2v) is 14.5. The van der Waals surface area contributed by atoms with Gasteiger partial charge in [-0.1, -0.05) is 29.8 Å². The third-order valence-corrected chi connectivity index (χ3v) is 11.5. The molecule has 9 rings (SSSR count). The Morgan fingerprint density at radius 2 is 2.00 bits per heavy atom. The molecule has 0 spiro atoms. The van der Waals surface area contributed by atoms with Gasteiger partial charge in [0.25, 0.3) is 5.91 Å². The van der Waals surface area contributed by atoms with Crippen molar-refractivity contribution >= 4 is 44.7 Å². The normalized spacial score (nSPS) is 17.8. The maximum Gasteiger partial charge on any atom is 0.257 e. The van der Waals surface area contributed by atoms with E-state index >= 15 is 0 Å². The Hall–Kier alpha value is -4.87. The lowest BCUT2D eigenvalue weighted by Crippen LogP contribution is -2.22. The lowest BCUT2D eigenvalue weighted by molar-refractivity contribution is 0.0776. The number of thiophene rings is 1. The summed E-state index contributed by atoms with van der Waals surface area (Å²) >= 11 is 7.92. The van der Waals surface area contributed by atoms with Crippen LogP contribution in [0, 0.1) is 12.7 Å². The Kier molecular flexibility index (Phi) is 7.58. The first-order valence-corrected chi connectivity index (χ1v) is 18.0. The molecule has 0 saturated carbocycles. The van der Waals surface area contributed by atoms with E-state index in [2.05, 4.69) is 27.6 Å². The van der Waals surface area contributed by atoms with Crippen LogP contribution in [-0.4, -0.2) is 44.6 Å². The minimum absolute atomic E-state index is 0.0125. The number of benzene rings is 2. The first-order chi connectivity index (χ1) is 24.4. The van der Waals surface area contributed by atoms with Crippen molar-refractivity contribution in [1.82, 2.24) is 25.1 Å². The third kappa shape index (κ3) is 5.05. The average Bonchev–Trinajstić information content (AvgIpc) is 3.95. The zero-order valence-corrected chi connectivity index (χ0v) is 29.0. The number of aryl methyl sites for hydroxylation is 3. The molecule has 12 heteroatoms. The van der Waals surface area contributed by atoms with Crippen molar-refractivity contribution < 1.29 is 18.3 Å². The number of amides is 1. The van der Waals surface area contributed by atoms with Crippen LogP contribution in [0.5, 0.6) is 5.75 Å². The van der Waals surface area contributed by atoms with Crippen molar-refractivity contribution in [1.29, 1.82) is 0 Å². The number of methoxy groups -OCH3 is 1. The fourth-order valence-electron chi connectivity index (χ4n) is 7.93. The van der Waals surface area contributed by atoms with Gasteiger partial charge in [-0.05, 0) is 85.4 Å². The molecule has 2 aromatic carbocycles. The van der Waals surface area contributed by atoms with Crippen molar-refractivity contribution in [2.75, 3.05) is 19.0 Å². The van der Waals surface area contributed by atoms with Crippen molar-refractivity contribution in [3.8, 4) is 27.6 Å². The first-order valence-electron chi connectivity index (χ1n) is 16.8. The summed E-state index contributed by atoms with van der Waals surface area (Å²) in [5.74, 6) is 1.44. The lowest BCUT2D eigenvalue weighted by atomic mass is 9.93. The van der Waals surface area contributed by atoms with Gasteiger partial charge in [-0.2, -0.15) is 0 Å². The number of ether oxygens (including phenoxy) is 1. The number of nitrogens with zero attached hydrogens (tertiary/aromatic N) is 5. The SMILES string of the molecule is COc1c(F)ccc2c1CCC2Nc1nccc2cc(-c3c4c(nc(CCc5cccc(Cl)c5)c3-c3nnc(C)o3)C3CCCN3C4=O)sc12. The Labute approximate surface area is 296 Å². The molecule has 0 radical (unpaired) electrons. The molecule has 2 unspecified atom stereocenters. The number of pyridine rings is 2. The van der Waals surface area contributed by atoms with E-state index in [-0.39, 0.29) is 23.8 Å². The molecule has 1 fully saturated rings. The maximum absolute atomic E-state index is 14.5. The van der Waals surface area contributed by atoms with Gasteiger partial charge in [0.1, 0.15) is 5.82 Å². The van der Waals surface area contributed by atoms with Crippen LogP contribution in [0.2, 0.25) is 5.02 Å². The standard InChI is InChI=1S/C38H32ClFN6O3S/c1-19-44-45-37(49-19)30-27(12-8-20-5-3-6-22(39)17-20)42-33-28-7-4-16-46(28)38(47)32(33)31(30)29-18-21-14-15-41-36(35(21)50-29)43-26-13-10-24-23(26)9-11-25(40)34(24)48-2/h3,5-6,9,11,14-15,17-18,26,28H,4,7-8,10,12-13,16H2,1-2H3,(H,41,43). The number of nitrogens with one attached hydrogen (secondary N) is 1. The predicted octanol–water partition coefficient (Wildman–Crippen LogP) is 8.69. The molecule has 0 bridgehead atoms. The minimum atomic E-state index is -0.353. The van der Waals surface area contributed by atoms with Crippen LogP contribution in [0.4, 0.5) is 10.2 Å². The van der Waals surface area contributed by atoms with Crippen LogP contribution >= 0.6 is 22.9 Å². The molecule has 2 aliphatic heterocycles. The van der Waals surface area contributed by atoms with E-state index < -0.39 is 0 Å². The molecule has 2 atom stereocenters. The monoisotopic (exact) mass is 706 g/mol. The van der Waals surface area contributed by atoms with Gasteiger partial charge in [0.05, 0.1) is 46.4 Å². The number of hydrogen-bond acceptors (Lipinski definition) is 9. The van der Waals surface area contributed by atoms with E-state index in [1.165, 1.54) is 13.2 Å². The van der Waals surface area contributed by atoms with Crippen LogP contribution in [0.3, 0.4) is 0 Å². The van der Waals surface area contributed by atoms with E-state index in [0.29, 0.717) is 59.5 Å². The van der Waals surface area contributed by atoms with Crippen LogP contribution in [0.15, 0.2) is 59.1 Å². The molecule has 4 aromatic heterocycles. The molecule has 6 aromatic rings. The number of hydrogen-bond donors (Lipinski definition) is 1. The quantitative estimate of drug-likeness (QED) is 0.168. The van der Waals surface area contributed by atoms with Gasteiger partial charge >= 0.3 is 0 Å². The summed E-state index contributed by atoms with van der Waals surface area (Å²) < 4.78 is 27.0. The molecule has 1 amide bonds. The largest absolute Gasteiger partial charge is 0.493 e. The van der Waals surface area contributed by atoms with E-state index in [1.807, 2.05) is 35.2 Å². The molecule has 50 heavy (non-hydrogen) atoms. The van der Waals surface area contributed by atoms with Crippen LogP contribution in [0.1, 0.15) is 75.7 Å². The minimum Gasteiger partial charge on any atom is -0.493 e.